The van der Waals surface area contributed by atoms with Crippen LogP contribution in [0.25, 0.3) is 22.5 Å². The number of benzene rings is 2. The van der Waals surface area contributed by atoms with E-state index >= 15 is 0 Å². The molecule has 1 amide bonds. The highest BCUT2D eigenvalue weighted by Crippen LogP contribution is 2.34. The van der Waals surface area contributed by atoms with Gasteiger partial charge in [0.15, 0.2) is 0 Å². The SMILES string of the molecule is CC(C)Oc1ccc(-c2ccnc(N3CCNCC3)n2)cc1C(C)C.CCCOc1cc(-c2cccc(N3CCN(C(=O)OC(C)(C)C)CC3)n2)ccc1C(C)C.Cl.Cl. The number of anilines is 2. The number of amides is 1. The zero-order valence-electron chi connectivity index (χ0n) is 36.8. The molecule has 324 valence electrons. The van der Waals surface area contributed by atoms with Gasteiger partial charge in [-0.2, -0.15) is 0 Å². The van der Waals surface area contributed by atoms with Crippen LogP contribution in [0, 0.1) is 0 Å². The van der Waals surface area contributed by atoms with E-state index in [-0.39, 0.29) is 37.0 Å². The summed E-state index contributed by atoms with van der Waals surface area (Å²) in [5.74, 6) is 4.44. The van der Waals surface area contributed by atoms with E-state index in [9.17, 15) is 4.79 Å². The fourth-order valence-electron chi connectivity index (χ4n) is 6.76. The van der Waals surface area contributed by atoms with Gasteiger partial charge in [-0.05, 0) is 106 Å². The van der Waals surface area contributed by atoms with E-state index in [2.05, 4.69) is 105 Å². The number of ether oxygens (including phenoxy) is 3. The van der Waals surface area contributed by atoms with Crippen molar-refractivity contribution in [1.29, 1.82) is 0 Å². The number of hydrogen-bond donors (Lipinski definition) is 1. The van der Waals surface area contributed by atoms with Gasteiger partial charge in [0.2, 0.25) is 5.95 Å². The molecule has 4 heterocycles. The first-order valence-corrected chi connectivity index (χ1v) is 20.8. The summed E-state index contributed by atoms with van der Waals surface area (Å²) in [6.45, 7) is 27.9. The minimum atomic E-state index is -0.477. The summed E-state index contributed by atoms with van der Waals surface area (Å²) in [4.78, 5) is 32.8. The van der Waals surface area contributed by atoms with E-state index < -0.39 is 5.60 Å². The molecule has 0 unspecified atom stereocenters. The third kappa shape index (κ3) is 14.1. The Morgan fingerprint density at radius 1 is 0.746 bits per heavy atom. The summed E-state index contributed by atoms with van der Waals surface area (Å²) >= 11 is 0. The van der Waals surface area contributed by atoms with Gasteiger partial charge in [-0.1, -0.05) is 52.8 Å². The van der Waals surface area contributed by atoms with Crippen LogP contribution in [0.3, 0.4) is 0 Å². The number of piperazine rings is 2. The predicted molar refractivity (Wildman–Crippen MR) is 246 cm³/mol. The largest absolute Gasteiger partial charge is 0.493 e. The van der Waals surface area contributed by atoms with E-state index in [0.717, 1.165) is 91.5 Å². The van der Waals surface area contributed by atoms with Crippen molar-refractivity contribution < 1.29 is 19.0 Å². The minimum Gasteiger partial charge on any atom is -0.493 e. The van der Waals surface area contributed by atoms with E-state index in [4.69, 9.17) is 24.2 Å². The first-order valence-electron chi connectivity index (χ1n) is 20.8. The van der Waals surface area contributed by atoms with Gasteiger partial charge in [0.25, 0.3) is 0 Å². The molecule has 0 spiro atoms. The molecule has 11 nitrogen and oxygen atoms in total. The smallest absolute Gasteiger partial charge is 0.410 e. The highest BCUT2D eigenvalue weighted by Gasteiger charge is 2.26. The van der Waals surface area contributed by atoms with Crippen molar-refractivity contribution in [1.82, 2.24) is 25.2 Å². The summed E-state index contributed by atoms with van der Waals surface area (Å²) in [6.07, 6.45) is 2.75. The molecule has 2 aromatic carbocycles. The van der Waals surface area contributed by atoms with E-state index in [1.807, 2.05) is 51.2 Å². The second kappa shape index (κ2) is 22.9. The van der Waals surface area contributed by atoms with Crippen LogP contribution in [-0.4, -0.2) is 96.6 Å². The Morgan fingerprint density at radius 3 is 2.02 bits per heavy atom. The summed E-state index contributed by atoms with van der Waals surface area (Å²) in [7, 11) is 0. The first-order chi connectivity index (χ1) is 27.2. The molecule has 2 fully saturated rings. The lowest BCUT2D eigenvalue weighted by atomic mass is 9.98. The topological polar surface area (TPSA) is 105 Å². The molecule has 2 aromatic heterocycles. The minimum absolute atomic E-state index is 0. The van der Waals surface area contributed by atoms with Crippen LogP contribution in [0.15, 0.2) is 66.9 Å². The molecule has 0 aliphatic carbocycles. The maximum absolute atomic E-state index is 12.3. The molecular formula is C46H67Cl2N7O4. The summed E-state index contributed by atoms with van der Waals surface area (Å²) in [5, 5.41) is 3.36. The number of halogens is 2. The Hall–Kier alpha value is -4.32. The Bertz CT molecular complexity index is 1910. The number of nitrogens with zero attached hydrogens (tertiary/aromatic N) is 6. The number of hydrogen-bond acceptors (Lipinski definition) is 10. The van der Waals surface area contributed by atoms with Crippen LogP contribution in [0.2, 0.25) is 0 Å². The fraction of sp³-hybridized carbons (Fsp3) is 0.522. The molecule has 13 heteroatoms. The number of aromatic nitrogens is 3. The van der Waals surface area contributed by atoms with Gasteiger partial charge in [-0.3, -0.25) is 0 Å². The molecule has 0 radical (unpaired) electrons. The molecular weight excluding hydrogens is 785 g/mol. The molecule has 0 saturated carbocycles. The maximum Gasteiger partial charge on any atom is 0.410 e. The van der Waals surface area contributed by atoms with Crippen molar-refractivity contribution in [3.8, 4) is 34.0 Å². The Balaban J connectivity index is 0.000000313. The van der Waals surface area contributed by atoms with Crippen LogP contribution in [0.5, 0.6) is 11.5 Å². The molecule has 2 saturated heterocycles. The van der Waals surface area contributed by atoms with Gasteiger partial charge in [0, 0.05) is 69.7 Å². The van der Waals surface area contributed by atoms with Crippen LogP contribution in [0.1, 0.15) is 98.6 Å². The van der Waals surface area contributed by atoms with E-state index in [0.29, 0.717) is 31.5 Å². The van der Waals surface area contributed by atoms with Crippen molar-refractivity contribution in [3.05, 3.63) is 78.0 Å². The van der Waals surface area contributed by atoms with E-state index in [1.54, 1.807) is 4.90 Å². The average Bonchev–Trinajstić information content (AvgIpc) is 3.20. The van der Waals surface area contributed by atoms with Crippen molar-refractivity contribution >= 4 is 42.7 Å². The van der Waals surface area contributed by atoms with Crippen molar-refractivity contribution in [2.45, 2.75) is 99.2 Å². The fourth-order valence-corrected chi connectivity index (χ4v) is 6.76. The lowest BCUT2D eigenvalue weighted by Gasteiger charge is -2.36. The van der Waals surface area contributed by atoms with Gasteiger partial charge < -0.3 is 34.2 Å². The van der Waals surface area contributed by atoms with Gasteiger partial charge in [-0.25, -0.2) is 19.7 Å². The van der Waals surface area contributed by atoms with Crippen LogP contribution >= 0.6 is 24.8 Å². The Morgan fingerprint density at radius 2 is 1.39 bits per heavy atom. The van der Waals surface area contributed by atoms with Crippen LogP contribution < -0.4 is 24.6 Å². The van der Waals surface area contributed by atoms with Crippen LogP contribution in [-0.2, 0) is 4.74 Å². The number of carbonyl (C=O) groups is 1. The Labute approximate surface area is 365 Å². The molecule has 1 N–H and O–H groups in total. The third-order valence-corrected chi connectivity index (χ3v) is 9.72. The second-order valence-corrected chi connectivity index (χ2v) is 16.6. The standard InChI is InChI=1S/C26H37N3O3.C20H28N4O.2ClH/c1-7-17-31-23-18-20(11-12-21(23)19(2)3)22-9-8-10-24(27-22)28-13-15-29(16-14-28)25(30)32-26(4,5)6;1-14(2)17-13-16(5-6-19(17)25-15(3)4)18-7-8-22-20(23-18)24-11-9-21-10-12-24;;/h8-12,18-19H,7,13-17H2,1-6H3;5-8,13-15,21H,9-12H2,1-4H3;2*1H. The van der Waals surface area contributed by atoms with Crippen molar-refractivity contribution in [3.63, 3.8) is 0 Å². The maximum atomic E-state index is 12.3. The van der Waals surface area contributed by atoms with Crippen molar-refractivity contribution in [2.75, 3.05) is 68.8 Å². The summed E-state index contributed by atoms with van der Waals surface area (Å²) in [6, 6.07) is 20.8. The third-order valence-electron chi connectivity index (χ3n) is 9.72. The summed E-state index contributed by atoms with van der Waals surface area (Å²) in [5.41, 5.74) is 6.00. The van der Waals surface area contributed by atoms with Gasteiger partial charge in [-0.15, -0.1) is 24.8 Å². The van der Waals surface area contributed by atoms with Crippen molar-refractivity contribution in [2.24, 2.45) is 0 Å². The highest BCUT2D eigenvalue weighted by atomic mass is 35.5. The average molecular weight is 853 g/mol. The Kier molecular flexibility index (Phi) is 19.0. The second-order valence-electron chi connectivity index (χ2n) is 16.6. The first kappa shape index (κ1) is 49.0. The van der Waals surface area contributed by atoms with Gasteiger partial charge in [0.05, 0.1) is 24.1 Å². The molecule has 2 aliphatic rings. The number of nitrogens with one attached hydrogen (secondary N) is 1. The number of rotatable bonds is 11. The normalized spacial score (nSPS) is 14.3. The zero-order valence-corrected chi connectivity index (χ0v) is 38.4. The molecule has 0 bridgehead atoms. The summed E-state index contributed by atoms with van der Waals surface area (Å²) < 4.78 is 17.5. The molecule has 59 heavy (non-hydrogen) atoms. The lowest BCUT2D eigenvalue weighted by Crippen LogP contribution is -2.50. The number of pyridine rings is 1. The lowest BCUT2D eigenvalue weighted by molar-refractivity contribution is 0.0240. The number of carbonyl (C=O) groups excluding carboxylic acids is 1. The molecule has 4 aromatic rings. The highest BCUT2D eigenvalue weighted by molar-refractivity contribution is 5.85. The van der Waals surface area contributed by atoms with Gasteiger partial charge in [0.1, 0.15) is 22.9 Å². The monoisotopic (exact) mass is 851 g/mol. The predicted octanol–water partition coefficient (Wildman–Crippen LogP) is 10.0. The molecule has 0 atom stereocenters. The van der Waals surface area contributed by atoms with E-state index in [1.165, 1.54) is 11.1 Å². The molecule has 6 rings (SSSR count). The zero-order chi connectivity index (χ0) is 41.1. The molecule has 2 aliphatic heterocycles. The van der Waals surface area contributed by atoms with Gasteiger partial charge >= 0.3 is 6.09 Å². The quantitative estimate of drug-likeness (QED) is 0.157. The van der Waals surface area contributed by atoms with Crippen LogP contribution in [0.4, 0.5) is 16.6 Å².